The molecule has 0 bridgehead atoms. The monoisotopic (exact) mass is 365 g/mol. The molecule has 0 N–H and O–H groups in total. The molecule has 0 aromatic heterocycles. The van der Waals surface area contributed by atoms with Gasteiger partial charge < -0.3 is 18.9 Å². The maximum absolute atomic E-state index is 12.1. The number of hydrogen-bond donors (Lipinski definition) is 0. The highest BCUT2D eigenvalue weighted by molar-refractivity contribution is 6.11. The summed E-state index contributed by atoms with van der Waals surface area (Å²) in [5.41, 5.74) is 1.79. The molecule has 0 aliphatic carbocycles. The van der Waals surface area contributed by atoms with Gasteiger partial charge in [0, 0.05) is 5.56 Å². The minimum Gasteiger partial charge on any atom is -0.493 e. The fraction of sp³-hybridized carbons (Fsp3) is 0.143. The Bertz CT molecular complexity index is 904. The molecule has 0 atom stereocenters. The van der Waals surface area contributed by atoms with Crippen LogP contribution in [0.1, 0.15) is 11.1 Å². The Morgan fingerprint density at radius 3 is 2.22 bits per heavy atom. The third-order valence-corrected chi connectivity index (χ3v) is 3.87. The summed E-state index contributed by atoms with van der Waals surface area (Å²) in [5, 5.41) is 0. The number of nitrogens with zero attached hydrogens (tertiary/aromatic N) is 1. The Morgan fingerprint density at radius 1 is 0.963 bits per heavy atom. The van der Waals surface area contributed by atoms with E-state index in [2.05, 4.69) is 4.99 Å². The molecule has 3 rings (SSSR count). The average Bonchev–Trinajstić information content (AvgIpc) is 3.08. The zero-order chi connectivity index (χ0) is 19.2. The summed E-state index contributed by atoms with van der Waals surface area (Å²) in [7, 11) is 4.56. The average molecular weight is 365 g/mol. The van der Waals surface area contributed by atoms with Crippen LogP contribution >= 0.6 is 0 Å². The predicted octanol–water partition coefficient (Wildman–Crippen LogP) is 3.61. The van der Waals surface area contributed by atoms with Crippen molar-refractivity contribution in [3.8, 4) is 17.2 Å². The molecule has 27 heavy (non-hydrogen) atoms. The summed E-state index contributed by atoms with van der Waals surface area (Å²) < 4.78 is 21.2. The van der Waals surface area contributed by atoms with E-state index in [9.17, 15) is 4.79 Å². The van der Waals surface area contributed by atoms with Crippen molar-refractivity contribution < 1.29 is 23.7 Å². The standard InChI is InChI=1S/C21H19NO5/c1-24-17-12-15(13-18(25-2)19(17)26-3)20-22-16(21(23)27-20)11-7-10-14-8-5-4-6-9-14/h4-13H,1-3H3/b10-7-,16-11-. The molecule has 1 aliphatic heterocycles. The Labute approximate surface area is 157 Å². The van der Waals surface area contributed by atoms with Crippen LogP contribution in [-0.4, -0.2) is 33.2 Å². The predicted molar refractivity (Wildman–Crippen MR) is 102 cm³/mol. The van der Waals surface area contributed by atoms with Gasteiger partial charge >= 0.3 is 5.97 Å². The molecule has 2 aromatic carbocycles. The van der Waals surface area contributed by atoms with E-state index in [0.717, 1.165) is 5.56 Å². The Kier molecular flexibility index (Phi) is 5.56. The van der Waals surface area contributed by atoms with Crippen molar-refractivity contribution in [1.29, 1.82) is 0 Å². The number of methoxy groups -OCH3 is 3. The van der Waals surface area contributed by atoms with Crippen molar-refractivity contribution in [1.82, 2.24) is 0 Å². The summed E-state index contributed by atoms with van der Waals surface area (Å²) in [4.78, 5) is 16.4. The first kappa shape index (κ1) is 18.3. The van der Waals surface area contributed by atoms with Gasteiger partial charge in [-0.1, -0.05) is 42.5 Å². The van der Waals surface area contributed by atoms with E-state index >= 15 is 0 Å². The van der Waals surface area contributed by atoms with Crippen molar-refractivity contribution in [3.05, 3.63) is 71.4 Å². The Morgan fingerprint density at radius 2 is 1.63 bits per heavy atom. The van der Waals surface area contributed by atoms with Crippen LogP contribution in [0.4, 0.5) is 0 Å². The van der Waals surface area contributed by atoms with Crippen LogP contribution in [0, 0.1) is 0 Å². The zero-order valence-corrected chi connectivity index (χ0v) is 15.3. The van der Waals surface area contributed by atoms with Gasteiger partial charge in [-0.2, -0.15) is 0 Å². The number of carbonyl (C=O) groups excluding carboxylic acids is 1. The van der Waals surface area contributed by atoms with Gasteiger partial charge in [-0.15, -0.1) is 0 Å². The van der Waals surface area contributed by atoms with E-state index < -0.39 is 5.97 Å². The molecule has 0 saturated carbocycles. The largest absolute Gasteiger partial charge is 0.493 e. The highest BCUT2D eigenvalue weighted by atomic mass is 16.6. The first-order valence-electron chi connectivity index (χ1n) is 8.21. The van der Waals surface area contributed by atoms with Crippen molar-refractivity contribution in [2.75, 3.05) is 21.3 Å². The van der Waals surface area contributed by atoms with Crippen molar-refractivity contribution in [2.45, 2.75) is 0 Å². The minimum absolute atomic E-state index is 0.179. The maximum Gasteiger partial charge on any atom is 0.363 e. The molecule has 138 valence electrons. The molecule has 6 heteroatoms. The Hall–Kier alpha value is -3.54. The second kappa shape index (κ2) is 8.23. The molecule has 2 aromatic rings. The van der Waals surface area contributed by atoms with Crippen molar-refractivity contribution in [2.24, 2.45) is 4.99 Å². The third kappa shape index (κ3) is 4.00. The van der Waals surface area contributed by atoms with E-state index in [1.807, 2.05) is 36.4 Å². The lowest BCUT2D eigenvalue weighted by molar-refractivity contribution is -0.130. The van der Waals surface area contributed by atoms with Crippen LogP contribution in [-0.2, 0) is 9.53 Å². The van der Waals surface area contributed by atoms with E-state index in [4.69, 9.17) is 18.9 Å². The quantitative estimate of drug-likeness (QED) is 0.578. The first-order chi connectivity index (χ1) is 13.2. The van der Waals surface area contributed by atoms with Crippen molar-refractivity contribution in [3.63, 3.8) is 0 Å². The highest BCUT2D eigenvalue weighted by Gasteiger charge is 2.26. The molecule has 0 amide bonds. The lowest BCUT2D eigenvalue weighted by Crippen LogP contribution is -2.06. The van der Waals surface area contributed by atoms with E-state index in [1.54, 1.807) is 24.3 Å². The molecule has 0 fully saturated rings. The summed E-state index contributed by atoms with van der Waals surface area (Å²) in [6, 6.07) is 13.1. The number of esters is 1. The van der Waals surface area contributed by atoms with Gasteiger partial charge in [0.05, 0.1) is 21.3 Å². The van der Waals surface area contributed by atoms with Crippen LogP contribution in [0.15, 0.2) is 65.3 Å². The molecular weight excluding hydrogens is 346 g/mol. The van der Waals surface area contributed by atoms with E-state index in [0.29, 0.717) is 22.8 Å². The first-order valence-corrected chi connectivity index (χ1v) is 8.21. The fourth-order valence-corrected chi connectivity index (χ4v) is 2.57. The Balaban J connectivity index is 1.90. The molecule has 0 radical (unpaired) electrons. The molecule has 0 saturated heterocycles. The number of cyclic esters (lactones) is 1. The zero-order valence-electron chi connectivity index (χ0n) is 15.3. The molecule has 0 unspecified atom stereocenters. The maximum atomic E-state index is 12.1. The van der Waals surface area contributed by atoms with E-state index in [-0.39, 0.29) is 11.6 Å². The second-order valence-electron chi connectivity index (χ2n) is 5.54. The van der Waals surface area contributed by atoms with Gasteiger partial charge in [-0.05, 0) is 23.8 Å². The smallest absolute Gasteiger partial charge is 0.363 e. The molecule has 0 spiro atoms. The van der Waals surface area contributed by atoms with Crippen LogP contribution in [0.5, 0.6) is 17.2 Å². The van der Waals surface area contributed by atoms with Gasteiger partial charge in [0.1, 0.15) is 0 Å². The van der Waals surface area contributed by atoms with Gasteiger partial charge in [0.2, 0.25) is 11.6 Å². The fourth-order valence-electron chi connectivity index (χ4n) is 2.57. The lowest BCUT2D eigenvalue weighted by Gasteiger charge is -2.13. The van der Waals surface area contributed by atoms with Crippen molar-refractivity contribution >= 4 is 17.9 Å². The number of hydrogen-bond acceptors (Lipinski definition) is 6. The van der Waals surface area contributed by atoms with Gasteiger partial charge in [0.25, 0.3) is 0 Å². The molecule has 6 nitrogen and oxygen atoms in total. The van der Waals surface area contributed by atoms with Gasteiger partial charge in [-0.25, -0.2) is 9.79 Å². The number of allylic oxidation sites excluding steroid dienone is 2. The number of benzene rings is 2. The van der Waals surface area contributed by atoms with Gasteiger partial charge in [0.15, 0.2) is 17.2 Å². The summed E-state index contributed by atoms with van der Waals surface area (Å²) in [5.74, 6) is 1.02. The topological polar surface area (TPSA) is 66.4 Å². The molecule has 1 heterocycles. The summed E-state index contributed by atoms with van der Waals surface area (Å²) in [6.45, 7) is 0. The number of ether oxygens (including phenoxy) is 4. The highest BCUT2D eigenvalue weighted by Crippen LogP contribution is 2.38. The number of aliphatic imine (C=N–C) groups is 1. The summed E-state index contributed by atoms with van der Waals surface area (Å²) >= 11 is 0. The van der Waals surface area contributed by atoms with Crippen LogP contribution in [0.2, 0.25) is 0 Å². The minimum atomic E-state index is -0.517. The second-order valence-corrected chi connectivity index (χ2v) is 5.54. The molecule has 1 aliphatic rings. The van der Waals surface area contributed by atoms with Crippen LogP contribution < -0.4 is 14.2 Å². The number of carbonyl (C=O) groups is 1. The lowest BCUT2D eigenvalue weighted by atomic mass is 10.1. The normalized spacial score (nSPS) is 15.0. The number of rotatable bonds is 6. The summed E-state index contributed by atoms with van der Waals surface area (Å²) in [6.07, 6.45) is 5.25. The van der Waals surface area contributed by atoms with Crippen LogP contribution in [0.3, 0.4) is 0 Å². The third-order valence-electron chi connectivity index (χ3n) is 3.87. The SMILES string of the molecule is COc1cc(C2=N/C(=C\C=C/c3ccccc3)C(=O)O2)cc(OC)c1OC. The van der Waals surface area contributed by atoms with Crippen LogP contribution in [0.25, 0.3) is 6.08 Å². The molecular formula is C21H19NO5. The van der Waals surface area contributed by atoms with Gasteiger partial charge in [-0.3, -0.25) is 0 Å². The van der Waals surface area contributed by atoms with E-state index in [1.165, 1.54) is 21.3 Å².